The van der Waals surface area contributed by atoms with Crippen molar-refractivity contribution in [3.8, 4) is 5.75 Å². The van der Waals surface area contributed by atoms with E-state index in [2.05, 4.69) is 0 Å². The maximum Gasteiger partial charge on any atom is 0.353 e. The minimum atomic E-state index is -1.47. The number of hydrogen-bond donors (Lipinski definition) is 0. The molecule has 2 aromatic rings. The maximum absolute atomic E-state index is 13.4. The zero-order valence-corrected chi connectivity index (χ0v) is 18.0. The highest BCUT2D eigenvalue weighted by atomic mass is 16.6. The van der Waals surface area contributed by atoms with E-state index < -0.39 is 11.6 Å². The molecule has 162 valence electrons. The van der Waals surface area contributed by atoms with Gasteiger partial charge in [0, 0.05) is 18.9 Å². The summed E-state index contributed by atoms with van der Waals surface area (Å²) in [4.78, 5) is 42.5. The number of fused-ring (bicyclic) bond motifs is 3. The highest BCUT2D eigenvalue weighted by molar-refractivity contribution is 6.15. The molecular formula is C24H26N2O5. The average Bonchev–Trinajstić information content (AvgIpc) is 3.09. The lowest BCUT2D eigenvalue weighted by atomic mass is 9.95. The second-order valence-corrected chi connectivity index (χ2v) is 8.13. The quantitative estimate of drug-likeness (QED) is 0.527. The summed E-state index contributed by atoms with van der Waals surface area (Å²) in [5.41, 5.74) is 0.470. The van der Waals surface area contributed by atoms with Gasteiger partial charge in [-0.15, -0.1) is 0 Å². The molecule has 0 saturated carbocycles. The van der Waals surface area contributed by atoms with Crippen LogP contribution in [0.3, 0.4) is 0 Å². The molecule has 2 aliphatic rings. The third kappa shape index (κ3) is 3.44. The summed E-state index contributed by atoms with van der Waals surface area (Å²) in [6.07, 6.45) is 0.362. The van der Waals surface area contributed by atoms with Crippen LogP contribution < -0.4 is 9.64 Å². The standard InChI is InChI=1S/C24H26N2O5/c1-16(2)25-22(28)19-9-4-5-10-20(19)26-21(27)11-12-24(25,26)23(29)31-14-13-30-18-8-6-7-17(3)15-18/h4-10,15-16H,11-14H2,1-3H3/t24-/m1/s1. The molecule has 0 N–H and O–H groups in total. The average molecular weight is 422 g/mol. The van der Waals surface area contributed by atoms with Crippen LogP contribution in [0.25, 0.3) is 0 Å². The van der Waals surface area contributed by atoms with Gasteiger partial charge in [-0.3, -0.25) is 14.5 Å². The summed E-state index contributed by atoms with van der Waals surface area (Å²) in [5.74, 6) is -0.386. The molecule has 31 heavy (non-hydrogen) atoms. The Hall–Kier alpha value is -3.35. The van der Waals surface area contributed by atoms with Gasteiger partial charge in [0.25, 0.3) is 5.91 Å². The number of ether oxygens (including phenoxy) is 2. The number of para-hydroxylation sites is 1. The normalized spacial score (nSPS) is 20.0. The highest BCUT2D eigenvalue weighted by Gasteiger charge is 2.62. The summed E-state index contributed by atoms with van der Waals surface area (Å²) in [5, 5.41) is 0. The minimum Gasteiger partial charge on any atom is -0.490 e. The van der Waals surface area contributed by atoms with Crippen molar-refractivity contribution in [3.63, 3.8) is 0 Å². The lowest BCUT2D eigenvalue weighted by Crippen LogP contribution is -2.70. The SMILES string of the molecule is Cc1cccc(OCCOC(=O)[C@@]23CCC(=O)N2c2ccccc2C(=O)N3C(C)C)c1. The van der Waals surface area contributed by atoms with Gasteiger partial charge < -0.3 is 14.4 Å². The van der Waals surface area contributed by atoms with Gasteiger partial charge in [0.1, 0.15) is 19.0 Å². The first kappa shape index (κ1) is 20.9. The van der Waals surface area contributed by atoms with Gasteiger partial charge in [0.05, 0.1) is 11.3 Å². The van der Waals surface area contributed by atoms with Crippen LogP contribution in [0.5, 0.6) is 5.75 Å². The number of esters is 1. The molecule has 0 bridgehead atoms. The fourth-order valence-electron chi connectivity index (χ4n) is 4.49. The van der Waals surface area contributed by atoms with Crippen molar-refractivity contribution >= 4 is 23.5 Å². The topological polar surface area (TPSA) is 76.1 Å². The third-order valence-electron chi connectivity index (χ3n) is 5.72. The van der Waals surface area contributed by atoms with E-state index in [0.717, 1.165) is 5.56 Å². The number of carbonyl (C=O) groups is 3. The zero-order chi connectivity index (χ0) is 22.2. The van der Waals surface area contributed by atoms with Crippen LogP contribution in [0.2, 0.25) is 0 Å². The molecule has 4 rings (SSSR count). The van der Waals surface area contributed by atoms with Gasteiger partial charge in [-0.1, -0.05) is 24.3 Å². The molecule has 2 heterocycles. The number of anilines is 1. The highest BCUT2D eigenvalue weighted by Crippen LogP contribution is 2.45. The molecule has 7 heteroatoms. The minimum absolute atomic E-state index is 0.0122. The van der Waals surface area contributed by atoms with Gasteiger partial charge in [-0.05, 0) is 50.6 Å². The molecule has 0 aliphatic carbocycles. The van der Waals surface area contributed by atoms with Crippen LogP contribution in [0, 0.1) is 6.92 Å². The van der Waals surface area contributed by atoms with E-state index >= 15 is 0 Å². The number of aryl methyl sites for hydroxylation is 1. The van der Waals surface area contributed by atoms with Gasteiger partial charge in [0.2, 0.25) is 11.6 Å². The van der Waals surface area contributed by atoms with Crippen molar-refractivity contribution in [2.24, 2.45) is 0 Å². The van der Waals surface area contributed by atoms with E-state index in [1.54, 1.807) is 24.3 Å². The predicted octanol–water partition coefficient (Wildman–Crippen LogP) is 3.30. The Bertz CT molecular complexity index is 1030. The smallest absolute Gasteiger partial charge is 0.353 e. The van der Waals surface area contributed by atoms with Crippen LogP contribution in [0.1, 0.15) is 42.6 Å². The van der Waals surface area contributed by atoms with E-state index in [4.69, 9.17) is 9.47 Å². The summed E-state index contributed by atoms with van der Waals surface area (Å²) in [7, 11) is 0. The number of carbonyl (C=O) groups excluding carboxylic acids is 3. The number of amides is 2. The van der Waals surface area contributed by atoms with Crippen molar-refractivity contribution in [1.82, 2.24) is 4.90 Å². The zero-order valence-electron chi connectivity index (χ0n) is 18.0. The number of benzene rings is 2. The lowest BCUT2D eigenvalue weighted by molar-refractivity contribution is -0.159. The molecule has 2 amide bonds. The second kappa shape index (κ2) is 8.06. The first-order chi connectivity index (χ1) is 14.9. The van der Waals surface area contributed by atoms with Gasteiger partial charge in [-0.25, -0.2) is 4.79 Å². The maximum atomic E-state index is 13.4. The molecule has 1 atom stereocenters. The van der Waals surface area contributed by atoms with Crippen molar-refractivity contribution in [2.75, 3.05) is 18.1 Å². The first-order valence-electron chi connectivity index (χ1n) is 10.5. The van der Waals surface area contributed by atoms with Crippen molar-refractivity contribution in [2.45, 2.75) is 45.3 Å². The monoisotopic (exact) mass is 422 g/mol. The summed E-state index contributed by atoms with van der Waals surface area (Å²) >= 11 is 0. The number of nitrogens with zero attached hydrogens (tertiary/aromatic N) is 2. The van der Waals surface area contributed by atoms with E-state index in [9.17, 15) is 14.4 Å². The lowest BCUT2D eigenvalue weighted by Gasteiger charge is -2.50. The molecule has 0 spiro atoms. The molecule has 0 unspecified atom stereocenters. The van der Waals surface area contributed by atoms with Gasteiger partial charge >= 0.3 is 5.97 Å². The van der Waals surface area contributed by atoms with Crippen LogP contribution in [-0.4, -0.2) is 47.6 Å². The summed E-state index contributed by atoms with van der Waals surface area (Å²) in [6.45, 7) is 5.82. The third-order valence-corrected chi connectivity index (χ3v) is 5.72. The molecule has 7 nitrogen and oxygen atoms in total. The van der Waals surface area contributed by atoms with Crippen LogP contribution in [0.4, 0.5) is 5.69 Å². The Balaban J connectivity index is 1.58. The molecular weight excluding hydrogens is 396 g/mol. The Morgan fingerprint density at radius 2 is 1.87 bits per heavy atom. The van der Waals surface area contributed by atoms with E-state index in [1.807, 2.05) is 45.0 Å². The molecule has 0 radical (unpaired) electrons. The van der Waals surface area contributed by atoms with Crippen molar-refractivity contribution < 1.29 is 23.9 Å². The van der Waals surface area contributed by atoms with Crippen molar-refractivity contribution in [1.29, 1.82) is 0 Å². The number of rotatable bonds is 6. The Morgan fingerprint density at radius 1 is 1.10 bits per heavy atom. The Kier molecular flexibility index (Phi) is 5.43. The van der Waals surface area contributed by atoms with Crippen LogP contribution >= 0.6 is 0 Å². The Labute approximate surface area is 181 Å². The molecule has 2 aliphatic heterocycles. The first-order valence-corrected chi connectivity index (χ1v) is 10.5. The Morgan fingerprint density at radius 3 is 2.61 bits per heavy atom. The second-order valence-electron chi connectivity index (χ2n) is 8.13. The summed E-state index contributed by atoms with van der Waals surface area (Å²) in [6, 6.07) is 14.2. The molecule has 1 fully saturated rings. The van der Waals surface area contributed by atoms with Gasteiger partial charge in [-0.2, -0.15) is 0 Å². The fourth-order valence-corrected chi connectivity index (χ4v) is 4.49. The van der Waals surface area contributed by atoms with E-state index in [1.165, 1.54) is 9.80 Å². The van der Waals surface area contributed by atoms with Crippen LogP contribution in [-0.2, 0) is 14.3 Å². The van der Waals surface area contributed by atoms with E-state index in [0.29, 0.717) is 17.0 Å². The van der Waals surface area contributed by atoms with E-state index in [-0.39, 0.29) is 43.9 Å². The van der Waals surface area contributed by atoms with Gasteiger partial charge in [0.15, 0.2) is 0 Å². The summed E-state index contributed by atoms with van der Waals surface area (Å²) < 4.78 is 11.2. The predicted molar refractivity (Wildman–Crippen MR) is 115 cm³/mol. The van der Waals surface area contributed by atoms with Crippen LogP contribution in [0.15, 0.2) is 48.5 Å². The fraction of sp³-hybridized carbons (Fsp3) is 0.375. The number of hydrogen-bond acceptors (Lipinski definition) is 5. The largest absolute Gasteiger partial charge is 0.490 e. The molecule has 0 aromatic heterocycles. The molecule has 2 aromatic carbocycles. The molecule has 1 saturated heterocycles. The van der Waals surface area contributed by atoms with Crippen molar-refractivity contribution in [3.05, 3.63) is 59.7 Å².